The van der Waals surface area contributed by atoms with Crippen molar-refractivity contribution in [1.29, 1.82) is 0 Å². The van der Waals surface area contributed by atoms with Gasteiger partial charge in [0.05, 0.1) is 15.9 Å². The minimum absolute atomic E-state index is 0.128. The molecule has 0 radical (unpaired) electrons. The van der Waals surface area contributed by atoms with E-state index in [0.717, 1.165) is 43.5 Å². The summed E-state index contributed by atoms with van der Waals surface area (Å²) < 4.78 is 31.9. The molecule has 2 fully saturated rings. The van der Waals surface area contributed by atoms with Crippen LogP contribution < -0.4 is 0 Å². The fourth-order valence-electron chi connectivity index (χ4n) is 3.52. The van der Waals surface area contributed by atoms with E-state index in [1.165, 1.54) is 6.08 Å². The summed E-state index contributed by atoms with van der Waals surface area (Å²) >= 11 is 0. The molecule has 0 bridgehead atoms. The topological polar surface area (TPSA) is 107 Å². The van der Waals surface area contributed by atoms with Crippen molar-refractivity contribution < 1.29 is 22.9 Å². The molecular formula is C16H18N2O6S. The molecule has 1 aliphatic heterocycles. The zero-order valence-electron chi connectivity index (χ0n) is 13.4. The van der Waals surface area contributed by atoms with E-state index in [9.17, 15) is 23.3 Å². The summed E-state index contributed by atoms with van der Waals surface area (Å²) in [5, 5.41) is 10.7. The number of amides is 1. The normalized spacial score (nSPS) is 26.5. The molecule has 8 nitrogen and oxygen atoms in total. The van der Waals surface area contributed by atoms with Gasteiger partial charge in [-0.15, -0.1) is 6.58 Å². The Morgan fingerprint density at radius 1 is 1.24 bits per heavy atom. The third kappa shape index (κ3) is 2.99. The van der Waals surface area contributed by atoms with E-state index in [2.05, 4.69) is 6.58 Å². The molecule has 1 aromatic rings. The smallest absolute Gasteiger partial charge is 0.424 e. The number of nitro groups is 1. The van der Waals surface area contributed by atoms with Crippen LogP contribution in [-0.4, -0.2) is 35.9 Å². The van der Waals surface area contributed by atoms with Gasteiger partial charge in [0.15, 0.2) is 0 Å². The van der Waals surface area contributed by atoms with Gasteiger partial charge in [0.1, 0.15) is 6.10 Å². The van der Waals surface area contributed by atoms with E-state index >= 15 is 0 Å². The zero-order valence-corrected chi connectivity index (χ0v) is 14.2. The highest BCUT2D eigenvalue weighted by Gasteiger charge is 2.48. The van der Waals surface area contributed by atoms with E-state index in [1.54, 1.807) is 0 Å². The number of nitro benzene ring substituents is 1. The molecule has 0 spiro atoms. The maximum absolute atomic E-state index is 12.9. The van der Waals surface area contributed by atoms with Crippen LogP contribution >= 0.6 is 0 Å². The summed E-state index contributed by atoms with van der Waals surface area (Å²) in [5.41, 5.74) is -0.229. The Hall–Kier alpha value is -2.42. The summed E-state index contributed by atoms with van der Waals surface area (Å²) in [6.07, 6.45) is 3.58. The lowest BCUT2D eigenvalue weighted by atomic mass is 9.80. The van der Waals surface area contributed by atoms with Gasteiger partial charge >= 0.3 is 6.09 Å². The molecule has 3 atom stereocenters. The number of carbonyl (C=O) groups is 1. The number of ether oxygens (including phenoxy) is 1. The van der Waals surface area contributed by atoms with E-state index in [1.807, 2.05) is 0 Å². The number of fused-ring (bicyclic) bond motifs is 1. The molecule has 1 aliphatic carbocycles. The van der Waals surface area contributed by atoms with Crippen LogP contribution in [0.4, 0.5) is 10.5 Å². The zero-order chi connectivity index (χ0) is 18.2. The monoisotopic (exact) mass is 366 g/mol. The van der Waals surface area contributed by atoms with Crippen molar-refractivity contribution in [2.45, 2.75) is 42.7 Å². The summed E-state index contributed by atoms with van der Waals surface area (Å²) in [5.74, 6) is -0.128. The van der Waals surface area contributed by atoms with E-state index in [4.69, 9.17) is 4.74 Å². The van der Waals surface area contributed by atoms with Crippen LogP contribution in [0.2, 0.25) is 0 Å². The molecule has 9 heteroatoms. The van der Waals surface area contributed by atoms with Gasteiger partial charge < -0.3 is 4.74 Å². The quantitative estimate of drug-likeness (QED) is 0.461. The summed E-state index contributed by atoms with van der Waals surface area (Å²) in [7, 11) is -4.20. The molecule has 1 saturated carbocycles. The average Bonchev–Trinajstić information content (AvgIpc) is 2.60. The Labute approximate surface area is 145 Å². The lowest BCUT2D eigenvalue weighted by Gasteiger charge is -2.44. The lowest BCUT2D eigenvalue weighted by molar-refractivity contribution is -0.384. The Kier molecular flexibility index (Phi) is 4.51. The number of non-ortho nitro benzene ring substituents is 1. The first-order valence-electron chi connectivity index (χ1n) is 7.98. The van der Waals surface area contributed by atoms with Gasteiger partial charge in [0.2, 0.25) is 0 Å². The Balaban J connectivity index is 1.98. The van der Waals surface area contributed by atoms with Crippen molar-refractivity contribution in [2.75, 3.05) is 0 Å². The number of hydrogen-bond donors (Lipinski definition) is 0. The third-order valence-electron chi connectivity index (χ3n) is 4.74. The van der Waals surface area contributed by atoms with Crippen LogP contribution in [0.15, 0.2) is 41.8 Å². The first kappa shape index (κ1) is 17.4. The van der Waals surface area contributed by atoms with Crippen molar-refractivity contribution in [1.82, 2.24) is 4.31 Å². The van der Waals surface area contributed by atoms with Crippen LogP contribution in [0.25, 0.3) is 0 Å². The summed E-state index contributed by atoms with van der Waals surface area (Å²) in [6.45, 7) is 3.70. The molecule has 2 aliphatic rings. The van der Waals surface area contributed by atoms with Gasteiger partial charge in [-0.2, -0.15) is 4.31 Å². The molecule has 3 rings (SSSR count). The van der Waals surface area contributed by atoms with Gasteiger partial charge in [0, 0.05) is 18.1 Å². The number of rotatable bonds is 4. The Morgan fingerprint density at radius 3 is 2.48 bits per heavy atom. The van der Waals surface area contributed by atoms with Crippen molar-refractivity contribution in [3.05, 3.63) is 47.0 Å². The molecule has 1 saturated heterocycles. The van der Waals surface area contributed by atoms with Gasteiger partial charge in [-0.3, -0.25) is 10.1 Å². The Bertz CT molecular complexity index is 804. The van der Waals surface area contributed by atoms with Crippen molar-refractivity contribution in [2.24, 2.45) is 5.92 Å². The summed E-state index contributed by atoms with van der Waals surface area (Å²) in [4.78, 5) is 22.3. The van der Waals surface area contributed by atoms with Crippen LogP contribution in [-0.2, 0) is 14.8 Å². The predicted molar refractivity (Wildman–Crippen MR) is 88.3 cm³/mol. The highest BCUT2D eigenvalue weighted by Crippen LogP contribution is 2.38. The maximum Gasteiger partial charge on any atom is 0.424 e. The minimum atomic E-state index is -4.20. The standard InChI is InChI=1S/C16H18N2O6S/c1-2-14-13-5-3-4-6-15(13)24-16(19)17(14)25(22,23)12-9-7-11(8-10-12)18(20)21/h2,7-10,13-15H,1,3-6H2/t13-,14-,15+/m0/s1. The van der Waals surface area contributed by atoms with Crippen molar-refractivity contribution >= 4 is 21.8 Å². The van der Waals surface area contributed by atoms with E-state index < -0.39 is 27.1 Å². The molecule has 0 unspecified atom stereocenters. The number of benzene rings is 1. The van der Waals surface area contributed by atoms with Crippen LogP contribution in [0.3, 0.4) is 0 Å². The number of carbonyl (C=O) groups excluding carboxylic acids is 1. The van der Waals surface area contributed by atoms with Gasteiger partial charge in [-0.25, -0.2) is 13.2 Å². The molecule has 25 heavy (non-hydrogen) atoms. The first-order chi connectivity index (χ1) is 11.9. The Morgan fingerprint density at radius 2 is 1.88 bits per heavy atom. The lowest BCUT2D eigenvalue weighted by Crippen LogP contribution is -2.57. The molecule has 1 amide bonds. The fraction of sp³-hybridized carbons (Fsp3) is 0.438. The second-order valence-electron chi connectivity index (χ2n) is 6.15. The maximum atomic E-state index is 12.9. The van der Waals surface area contributed by atoms with Crippen LogP contribution in [0, 0.1) is 16.0 Å². The first-order valence-corrected chi connectivity index (χ1v) is 9.42. The highest BCUT2D eigenvalue weighted by atomic mass is 32.2. The molecule has 134 valence electrons. The second-order valence-corrected chi connectivity index (χ2v) is 7.96. The van der Waals surface area contributed by atoms with Gasteiger partial charge in [-0.05, 0) is 31.4 Å². The van der Waals surface area contributed by atoms with Gasteiger partial charge in [0.25, 0.3) is 15.7 Å². The fourth-order valence-corrected chi connectivity index (χ4v) is 5.03. The predicted octanol–water partition coefficient (Wildman–Crippen LogP) is 2.85. The highest BCUT2D eigenvalue weighted by molar-refractivity contribution is 7.89. The number of nitrogens with zero attached hydrogens (tertiary/aromatic N) is 2. The molecule has 0 aromatic heterocycles. The summed E-state index contributed by atoms with van der Waals surface area (Å²) in [6, 6.07) is 3.73. The van der Waals surface area contributed by atoms with Crippen molar-refractivity contribution in [3.63, 3.8) is 0 Å². The molecule has 1 aromatic carbocycles. The van der Waals surface area contributed by atoms with E-state index in [-0.39, 0.29) is 22.6 Å². The van der Waals surface area contributed by atoms with E-state index in [0.29, 0.717) is 10.7 Å². The minimum Gasteiger partial charge on any atom is -0.445 e. The molecule has 0 N–H and O–H groups in total. The number of sulfonamides is 1. The largest absolute Gasteiger partial charge is 0.445 e. The molecule has 1 heterocycles. The van der Waals surface area contributed by atoms with Crippen LogP contribution in [0.5, 0.6) is 0 Å². The van der Waals surface area contributed by atoms with Crippen LogP contribution in [0.1, 0.15) is 25.7 Å². The SMILES string of the molecule is C=C[C@H]1[C@@H]2CCCC[C@H]2OC(=O)N1S(=O)(=O)c1ccc([N+](=O)[O-])cc1. The second kappa shape index (κ2) is 6.47. The number of hydrogen-bond acceptors (Lipinski definition) is 6. The molecular weight excluding hydrogens is 348 g/mol. The van der Waals surface area contributed by atoms with Crippen molar-refractivity contribution in [3.8, 4) is 0 Å². The average molecular weight is 366 g/mol. The third-order valence-corrected chi connectivity index (χ3v) is 6.52. The van der Waals surface area contributed by atoms with Gasteiger partial charge in [-0.1, -0.05) is 12.5 Å².